The molecule has 0 aromatic heterocycles. The van der Waals surface area contributed by atoms with Gasteiger partial charge in [-0.15, -0.1) is 0 Å². The predicted octanol–water partition coefficient (Wildman–Crippen LogP) is 1.84. The first-order chi connectivity index (χ1) is 6.26. The quantitative estimate of drug-likeness (QED) is 0.697. The normalized spacial score (nSPS) is 23.6. The largest absolute Gasteiger partial charge is 0.338 e. The van der Waals surface area contributed by atoms with E-state index in [0.29, 0.717) is 5.41 Å². The van der Waals surface area contributed by atoms with Gasteiger partial charge in [-0.25, -0.2) is 4.79 Å². The van der Waals surface area contributed by atoms with Crippen LogP contribution in [-0.2, 0) is 0 Å². The van der Waals surface area contributed by atoms with Crippen molar-refractivity contribution < 1.29 is 6.22 Å². The van der Waals surface area contributed by atoms with E-state index in [4.69, 9.17) is 0 Å². The first-order valence-corrected chi connectivity index (χ1v) is 5.29. The van der Waals surface area contributed by atoms with E-state index in [0.717, 1.165) is 26.1 Å². The first kappa shape index (κ1) is 8.85. The summed E-state index contributed by atoms with van der Waals surface area (Å²) in [5.41, 5.74) is 0.559. The Bertz CT molecular complexity index is 216. The summed E-state index contributed by atoms with van der Waals surface area (Å²) in [4.78, 5) is 13.5. The maximum Gasteiger partial charge on any atom is 0.317 e. The van der Waals surface area contributed by atoms with Crippen LogP contribution < -0.4 is 5.32 Å². The zero-order valence-corrected chi connectivity index (χ0v) is 8.31. The molecule has 1 N–H and O–H groups in total. The lowest BCUT2D eigenvalue weighted by Gasteiger charge is -2.16. The Morgan fingerprint density at radius 3 is 2.85 bits per heavy atom. The minimum absolute atomic E-state index is 0. The van der Waals surface area contributed by atoms with E-state index in [1.807, 2.05) is 4.90 Å². The van der Waals surface area contributed by atoms with Crippen molar-refractivity contribution in [1.29, 1.82) is 0 Å². The molecule has 1 saturated carbocycles. The molecule has 0 radical (unpaired) electrons. The van der Waals surface area contributed by atoms with Crippen LogP contribution >= 0.6 is 0 Å². The number of hydrogen-bond donors (Lipinski definition) is 1. The molecule has 3 heteroatoms. The standard InChI is InChI=1S/C10H18N2O.H2/c1-2-6-11-9(13)12-7-5-10(8-12)3-4-10;/h2-8H2,1H3,(H,11,13);1H. The van der Waals surface area contributed by atoms with Crippen molar-refractivity contribution in [3.05, 3.63) is 0 Å². The summed E-state index contributed by atoms with van der Waals surface area (Å²) in [6, 6.07) is 0.144. The Morgan fingerprint density at radius 1 is 1.54 bits per heavy atom. The van der Waals surface area contributed by atoms with E-state index >= 15 is 0 Å². The second-order valence-corrected chi connectivity index (χ2v) is 4.40. The Kier molecular flexibility index (Phi) is 2.18. The van der Waals surface area contributed by atoms with Crippen molar-refractivity contribution in [2.75, 3.05) is 19.6 Å². The summed E-state index contributed by atoms with van der Waals surface area (Å²) >= 11 is 0. The van der Waals surface area contributed by atoms with Gasteiger partial charge in [0.25, 0.3) is 0 Å². The number of likely N-dealkylation sites (tertiary alicyclic amines) is 1. The van der Waals surface area contributed by atoms with Gasteiger partial charge in [0.15, 0.2) is 0 Å². The molecule has 1 saturated heterocycles. The molecule has 0 unspecified atom stereocenters. The summed E-state index contributed by atoms with van der Waals surface area (Å²) < 4.78 is 0. The van der Waals surface area contributed by atoms with E-state index in [2.05, 4.69) is 12.2 Å². The van der Waals surface area contributed by atoms with Crippen molar-refractivity contribution in [3.63, 3.8) is 0 Å². The molecule has 2 rings (SSSR count). The van der Waals surface area contributed by atoms with Gasteiger partial charge in [-0.1, -0.05) is 6.92 Å². The summed E-state index contributed by atoms with van der Waals surface area (Å²) in [7, 11) is 0. The number of nitrogens with zero attached hydrogens (tertiary/aromatic N) is 1. The molecular formula is C10H20N2O. The highest BCUT2D eigenvalue weighted by Gasteiger charge is 2.48. The number of carbonyl (C=O) groups is 1. The topological polar surface area (TPSA) is 32.3 Å². The number of carbonyl (C=O) groups excluding carboxylic acids is 1. The second kappa shape index (κ2) is 3.20. The van der Waals surface area contributed by atoms with Gasteiger partial charge in [0.1, 0.15) is 0 Å². The average molecular weight is 184 g/mol. The molecule has 2 fully saturated rings. The molecule has 1 spiro atoms. The summed E-state index contributed by atoms with van der Waals surface area (Å²) in [6.07, 6.45) is 4.92. The maximum atomic E-state index is 11.5. The zero-order valence-electron chi connectivity index (χ0n) is 8.31. The predicted molar refractivity (Wildman–Crippen MR) is 53.7 cm³/mol. The lowest BCUT2D eigenvalue weighted by atomic mass is 10.1. The van der Waals surface area contributed by atoms with Crippen molar-refractivity contribution >= 4 is 6.03 Å². The minimum Gasteiger partial charge on any atom is -0.338 e. The lowest BCUT2D eigenvalue weighted by molar-refractivity contribution is 0.206. The molecule has 0 atom stereocenters. The molecule has 0 bridgehead atoms. The van der Waals surface area contributed by atoms with E-state index in [1.165, 1.54) is 19.3 Å². The number of urea groups is 1. The zero-order chi connectivity index (χ0) is 9.31. The van der Waals surface area contributed by atoms with E-state index in [-0.39, 0.29) is 7.46 Å². The van der Waals surface area contributed by atoms with Crippen molar-refractivity contribution in [2.24, 2.45) is 5.41 Å². The average Bonchev–Trinajstić information content (AvgIpc) is 2.73. The van der Waals surface area contributed by atoms with E-state index in [1.54, 1.807) is 0 Å². The smallest absolute Gasteiger partial charge is 0.317 e. The third kappa shape index (κ3) is 1.79. The van der Waals surface area contributed by atoms with Gasteiger partial charge in [-0.2, -0.15) is 0 Å². The Labute approximate surface area is 81.0 Å². The summed E-state index contributed by atoms with van der Waals surface area (Å²) in [5.74, 6) is 0. The monoisotopic (exact) mass is 184 g/mol. The van der Waals surface area contributed by atoms with Crippen LogP contribution in [0.15, 0.2) is 0 Å². The highest BCUT2D eigenvalue weighted by molar-refractivity contribution is 5.74. The fourth-order valence-electron chi connectivity index (χ4n) is 2.04. The van der Waals surface area contributed by atoms with Gasteiger partial charge in [0.2, 0.25) is 0 Å². The molecule has 13 heavy (non-hydrogen) atoms. The third-order valence-electron chi connectivity index (χ3n) is 3.21. The Morgan fingerprint density at radius 2 is 2.31 bits per heavy atom. The first-order valence-electron chi connectivity index (χ1n) is 5.29. The molecule has 1 heterocycles. The molecular weight excluding hydrogens is 164 g/mol. The van der Waals surface area contributed by atoms with Crippen molar-refractivity contribution in [2.45, 2.75) is 32.6 Å². The second-order valence-electron chi connectivity index (χ2n) is 4.40. The van der Waals surface area contributed by atoms with Gasteiger partial charge in [0, 0.05) is 21.1 Å². The van der Waals surface area contributed by atoms with Crippen LogP contribution in [0.2, 0.25) is 0 Å². The molecule has 2 aliphatic rings. The molecule has 0 aromatic rings. The van der Waals surface area contributed by atoms with Gasteiger partial charge in [0.05, 0.1) is 0 Å². The highest BCUT2D eigenvalue weighted by Crippen LogP contribution is 2.52. The highest BCUT2D eigenvalue weighted by atomic mass is 16.2. The molecule has 1 aliphatic heterocycles. The van der Waals surface area contributed by atoms with Gasteiger partial charge >= 0.3 is 6.03 Å². The molecule has 3 nitrogen and oxygen atoms in total. The van der Waals surface area contributed by atoms with Gasteiger partial charge in [-0.05, 0) is 31.1 Å². The fraction of sp³-hybridized carbons (Fsp3) is 0.900. The molecule has 1 aliphatic carbocycles. The number of nitrogens with one attached hydrogen (secondary N) is 1. The summed E-state index contributed by atoms with van der Waals surface area (Å²) in [6.45, 7) is 4.85. The van der Waals surface area contributed by atoms with Crippen LogP contribution in [-0.4, -0.2) is 30.6 Å². The van der Waals surface area contributed by atoms with Crippen molar-refractivity contribution in [1.82, 2.24) is 10.2 Å². The molecule has 76 valence electrons. The van der Waals surface area contributed by atoms with Crippen LogP contribution in [0.1, 0.15) is 34.0 Å². The Balaban J connectivity index is 0.000000980. The van der Waals surface area contributed by atoms with Crippen molar-refractivity contribution in [3.8, 4) is 0 Å². The number of hydrogen-bond acceptors (Lipinski definition) is 1. The Hall–Kier alpha value is -0.730. The third-order valence-corrected chi connectivity index (χ3v) is 3.21. The van der Waals surface area contributed by atoms with Crippen LogP contribution in [0.5, 0.6) is 0 Å². The van der Waals surface area contributed by atoms with Crippen LogP contribution in [0.3, 0.4) is 0 Å². The van der Waals surface area contributed by atoms with Gasteiger partial charge in [-0.3, -0.25) is 0 Å². The lowest BCUT2D eigenvalue weighted by Crippen LogP contribution is -2.38. The SMILES string of the molecule is CCCNC(=O)N1CCC2(CC2)C1.[HH]. The van der Waals surface area contributed by atoms with E-state index < -0.39 is 0 Å². The maximum absolute atomic E-state index is 11.5. The minimum atomic E-state index is 0. The summed E-state index contributed by atoms with van der Waals surface area (Å²) in [5, 5.41) is 2.93. The van der Waals surface area contributed by atoms with Crippen LogP contribution in [0.25, 0.3) is 0 Å². The number of rotatable bonds is 2. The fourth-order valence-corrected chi connectivity index (χ4v) is 2.04. The van der Waals surface area contributed by atoms with Crippen LogP contribution in [0, 0.1) is 5.41 Å². The van der Waals surface area contributed by atoms with Gasteiger partial charge < -0.3 is 10.2 Å². The molecule has 2 amide bonds. The number of amides is 2. The van der Waals surface area contributed by atoms with Crippen LogP contribution in [0.4, 0.5) is 4.79 Å². The van der Waals surface area contributed by atoms with E-state index in [9.17, 15) is 4.79 Å². The molecule has 0 aromatic carbocycles.